The van der Waals surface area contributed by atoms with Crippen molar-refractivity contribution >= 4 is 11.8 Å². The molecule has 0 saturated carbocycles. The molecule has 2 amide bonds. The summed E-state index contributed by atoms with van der Waals surface area (Å²) in [7, 11) is 0. The Hall–Kier alpha value is -1.06. The second kappa shape index (κ2) is 6.03. The van der Waals surface area contributed by atoms with Crippen molar-refractivity contribution < 1.29 is 9.59 Å². The van der Waals surface area contributed by atoms with Gasteiger partial charge in [-0.25, -0.2) is 0 Å². The van der Waals surface area contributed by atoms with Crippen LogP contribution in [0.15, 0.2) is 0 Å². The van der Waals surface area contributed by atoms with Crippen molar-refractivity contribution in [3.05, 3.63) is 0 Å². The van der Waals surface area contributed by atoms with E-state index in [-0.39, 0.29) is 23.8 Å². The fourth-order valence-electron chi connectivity index (χ4n) is 2.03. The molecule has 1 saturated heterocycles. The molecule has 98 valence electrons. The van der Waals surface area contributed by atoms with Gasteiger partial charge < -0.3 is 10.2 Å². The summed E-state index contributed by atoms with van der Waals surface area (Å²) in [5.41, 5.74) is 0. The lowest BCUT2D eigenvalue weighted by Crippen LogP contribution is -2.38. The summed E-state index contributed by atoms with van der Waals surface area (Å²) in [6, 6.07) is 0.191. The molecule has 2 unspecified atom stereocenters. The molecule has 17 heavy (non-hydrogen) atoms. The standard InChI is InChI=1S/C13H24N2O2/c1-5-10(4)14-13(17)11-6-12(16)15(8-11)7-9(2)3/h9-11H,5-8H2,1-4H3,(H,14,17). The number of hydrogen-bond donors (Lipinski definition) is 1. The van der Waals surface area contributed by atoms with Gasteiger partial charge in [-0.15, -0.1) is 0 Å². The molecule has 1 rings (SSSR count). The zero-order valence-corrected chi connectivity index (χ0v) is 11.3. The van der Waals surface area contributed by atoms with E-state index in [0.717, 1.165) is 13.0 Å². The normalized spacial score (nSPS) is 22.1. The molecular formula is C13H24N2O2. The maximum absolute atomic E-state index is 11.9. The third kappa shape index (κ3) is 4.02. The summed E-state index contributed by atoms with van der Waals surface area (Å²) in [5, 5.41) is 2.95. The Kier molecular flexibility index (Phi) is 4.97. The van der Waals surface area contributed by atoms with Gasteiger partial charge in [0, 0.05) is 25.6 Å². The summed E-state index contributed by atoms with van der Waals surface area (Å²) < 4.78 is 0. The third-order valence-corrected chi connectivity index (χ3v) is 3.17. The molecule has 1 fully saturated rings. The Morgan fingerprint density at radius 1 is 1.47 bits per heavy atom. The van der Waals surface area contributed by atoms with Gasteiger partial charge in [0.1, 0.15) is 0 Å². The highest BCUT2D eigenvalue weighted by atomic mass is 16.2. The van der Waals surface area contributed by atoms with Crippen LogP contribution in [0.1, 0.15) is 40.5 Å². The van der Waals surface area contributed by atoms with Gasteiger partial charge in [-0.2, -0.15) is 0 Å². The molecule has 0 aliphatic carbocycles. The van der Waals surface area contributed by atoms with Crippen molar-refractivity contribution in [3.63, 3.8) is 0 Å². The molecular weight excluding hydrogens is 216 g/mol. The molecule has 1 heterocycles. The van der Waals surface area contributed by atoms with Crippen LogP contribution in [0.25, 0.3) is 0 Å². The number of nitrogens with zero attached hydrogens (tertiary/aromatic N) is 1. The third-order valence-electron chi connectivity index (χ3n) is 3.17. The molecule has 1 aliphatic rings. The predicted molar refractivity (Wildman–Crippen MR) is 67.4 cm³/mol. The van der Waals surface area contributed by atoms with E-state index in [1.807, 2.05) is 18.7 Å². The van der Waals surface area contributed by atoms with E-state index in [0.29, 0.717) is 18.9 Å². The first-order chi connectivity index (χ1) is 7.93. The highest BCUT2D eigenvalue weighted by molar-refractivity contribution is 5.89. The highest BCUT2D eigenvalue weighted by Crippen LogP contribution is 2.19. The minimum absolute atomic E-state index is 0.0268. The molecule has 4 nitrogen and oxygen atoms in total. The summed E-state index contributed by atoms with van der Waals surface area (Å²) >= 11 is 0. The Bertz CT molecular complexity index is 289. The molecule has 0 bridgehead atoms. The van der Waals surface area contributed by atoms with Crippen molar-refractivity contribution in [2.45, 2.75) is 46.6 Å². The lowest BCUT2D eigenvalue weighted by molar-refractivity contribution is -0.129. The summed E-state index contributed by atoms with van der Waals surface area (Å²) in [4.78, 5) is 25.4. The summed E-state index contributed by atoms with van der Waals surface area (Å²) in [5.74, 6) is 0.438. The Labute approximate surface area is 104 Å². The molecule has 1 N–H and O–H groups in total. The molecule has 1 aliphatic heterocycles. The first-order valence-corrected chi connectivity index (χ1v) is 6.52. The van der Waals surface area contributed by atoms with E-state index in [4.69, 9.17) is 0 Å². The van der Waals surface area contributed by atoms with Crippen LogP contribution in [-0.4, -0.2) is 35.8 Å². The van der Waals surface area contributed by atoms with Gasteiger partial charge in [0.2, 0.25) is 11.8 Å². The van der Waals surface area contributed by atoms with Crippen LogP contribution in [0.2, 0.25) is 0 Å². The maximum Gasteiger partial charge on any atom is 0.225 e. The lowest BCUT2D eigenvalue weighted by atomic mass is 10.1. The molecule has 0 spiro atoms. The van der Waals surface area contributed by atoms with Crippen LogP contribution in [0.4, 0.5) is 0 Å². The molecule has 4 heteroatoms. The number of carbonyl (C=O) groups excluding carboxylic acids is 2. The fourth-order valence-corrected chi connectivity index (χ4v) is 2.03. The van der Waals surface area contributed by atoms with Gasteiger partial charge >= 0.3 is 0 Å². The van der Waals surface area contributed by atoms with E-state index < -0.39 is 0 Å². The van der Waals surface area contributed by atoms with Gasteiger partial charge in [0.25, 0.3) is 0 Å². The number of nitrogens with one attached hydrogen (secondary N) is 1. The summed E-state index contributed by atoms with van der Waals surface area (Å²) in [6.45, 7) is 9.53. The largest absolute Gasteiger partial charge is 0.353 e. The van der Waals surface area contributed by atoms with Gasteiger partial charge in [0.05, 0.1) is 5.92 Å². The fraction of sp³-hybridized carbons (Fsp3) is 0.846. The van der Waals surface area contributed by atoms with Gasteiger partial charge in [-0.05, 0) is 19.3 Å². The summed E-state index contributed by atoms with van der Waals surface area (Å²) in [6.07, 6.45) is 1.29. The van der Waals surface area contributed by atoms with E-state index in [1.165, 1.54) is 0 Å². The number of amides is 2. The Morgan fingerprint density at radius 3 is 2.65 bits per heavy atom. The predicted octanol–water partition coefficient (Wildman–Crippen LogP) is 1.41. The topological polar surface area (TPSA) is 49.4 Å². The van der Waals surface area contributed by atoms with Crippen molar-refractivity contribution in [3.8, 4) is 0 Å². The second-order valence-corrected chi connectivity index (χ2v) is 5.41. The molecule has 0 aromatic heterocycles. The van der Waals surface area contributed by atoms with Crippen LogP contribution in [0.3, 0.4) is 0 Å². The van der Waals surface area contributed by atoms with Gasteiger partial charge in [0.15, 0.2) is 0 Å². The average molecular weight is 240 g/mol. The number of carbonyl (C=O) groups is 2. The minimum atomic E-state index is -0.157. The van der Waals surface area contributed by atoms with Gasteiger partial charge in [-0.3, -0.25) is 9.59 Å². The average Bonchev–Trinajstić information content (AvgIpc) is 2.59. The van der Waals surface area contributed by atoms with Gasteiger partial charge in [-0.1, -0.05) is 20.8 Å². The van der Waals surface area contributed by atoms with E-state index >= 15 is 0 Å². The minimum Gasteiger partial charge on any atom is -0.353 e. The van der Waals surface area contributed by atoms with Crippen molar-refractivity contribution in [1.82, 2.24) is 10.2 Å². The van der Waals surface area contributed by atoms with E-state index in [1.54, 1.807) is 0 Å². The van der Waals surface area contributed by atoms with Crippen molar-refractivity contribution in [2.24, 2.45) is 11.8 Å². The maximum atomic E-state index is 11.9. The van der Waals surface area contributed by atoms with Crippen LogP contribution in [0.5, 0.6) is 0 Å². The van der Waals surface area contributed by atoms with E-state index in [9.17, 15) is 9.59 Å². The first-order valence-electron chi connectivity index (χ1n) is 6.52. The first kappa shape index (κ1) is 14.0. The van der Waals surface area contributed by atoms with Crippen LogP contribution < -0.4 is 5.32 Å². The monoisotopic (exact) mass is 240 g/mol. The second-order valence-electron chi connectivity index (χ2n) is 5.41. The van der Waals surface area contributed by atoms with Crippen molar-refractivity contribution in [2.75, 3.05) is 13.1 Å². The zero-order valence-electron chi connectivity index (χ0n) is 11.3. The van der Waals surface area contributed by atoms with Crippen LogP contribution in [-0.2, 0) is 9.59 Å². The van der Waals surface area contributed by atoms with E-state index in [2.05, 4.69) is 19.2 Å². The molecule has 0 aromatic rings. The number of likely N-dealkylation sites (tertiary alicyclic amines) is 1. The lowest BCUT2D eigenvalue weighted by Gasteiger charge is -2.19. The smallest absolute Gasteiger partial charge is 0.225 e. The quantitative estimate of drug-likeness (QED) is 0.790. The SMILES string of the molecule is CCC(C)NC(=O)C1CC(=O)N(CC(C)C)C1. The molecule has 0 radical (unpaired) electrons. The Morgan fingerprint density at radius 2 is 2.12 bits per heavy atom. The van der Waals surface area contributed by atoms with Crippen LogP contribution in [0, 0.1) is 11.8 Å². The van der Waals surface area contributed by atoms with Crippen LogP contribution >= 0.6 is 0 Å². The molecule has 0 aromatic carbocycles. The number of rotatable bonds is 5. The van der Waals surface area contributed by atoms with Crippen molar-refractivity contribution in [1.29, 1.82) is 0 Å². The molecule has 2 atom stereocenters. The Balaban J connectivity index is 2.47. The number of hydrogen-bond acceptors (Lipinski definition) is 2. The highest BCUT2D eigenvalue weighted by Gasteiger charge is 2.34. The zero-order chi connectivity index (χ0) is 13.0.